The number of rotatable bonds is 5. The number of anilines is 1. The van der Waals surface area contributed by atoms with Gasteiger partial charge in [0.2, 0.25) is 11.8 Å². The van der Waals surface area contributed by atoms with Crippen LogP contribution in [0.2, 0.25) is 0 Å². The fourth-order valence-corrected chi connectivity index (χ4v) is 3.27. The zero-order valence-corrected chi connectivity index (χ0v) is 14.5. The SMILES string of the molecule is CN(Cc1nnc(-c2ccco2)o1)C1CCCN(c2ccccc2)C1=O. The Kier molecular flexibility index (Phi) is 4.53. The number of benzene rings is 1. The first-order chi connectivity index (χ1) is 12.7. The van der Waals surface area contributed by atoms with E-state index < -0.39 is 0 Å². The van der Waals surface area contributed by atoms with E-state index in [4.69, 9.17) is 8.83 Å². The summed E-state index contributed by atoms with van der Waals surface area (Å²) in [6.07, 6.45) is 3.33. The molecule has 1 saturated heterocycles. The molecule has 0 saturated carbocycles. The Bertz CT molecular complexity index is 860. The number of furan rings is 1. The summed E-state index contributed by atoms with van der Waals surface area (Å²) in [5.74, 6) is 1.45. The number of hydrogen-bond acceptors (Lipinski definition) is 6. The Morgan fingerprint density at radius 2 is 2.04 bits per heavy atom. The molecule has 1 aliphatic heterocycles. The number of piperidine rings is 1. The number of amides is 1. The average Bonchev–Trinajstić information content (AvgIpc) is 3.34. The standard InChI is InChI=1S/C19H20N4O3/c1-22(13-17-20-21-18(26-17)16-10-6-12-25-16)15-9-5-11-23(19(15)24)14-7-3-2-4-8-14/h2-4,6-8,10,12,15H,5,9,11,13H2,1H3. The van der Waals surface area contributed by atoms with Crippen LogP contribution in [0.4, 0.5) is 5.69 Å². The van der Waals surface area contributed by atoms with Crippen molar-refractivity contribution in [2.45, 2.75) is 25.4 Å². The molecule has 0 radical (unpaired) electrons. The van der Waals surface area contributed by atoms with Gasteiger partial charge < -0.3 is 13.7 Å². The van der Waals surface area contributed by atoms with Gasteiger partial charge in [-0.15, -0.1) is 10.2 Å². The summed E-state index contributed by atoms with van der Waals surface area (Å²) in [6.45, 7) is 1.16. The van der Waals surface area contributed by atoms with E-state index in [1.165, 1.54) is 0 Å². The molecule has 0 N–H and O–H groups in total. The normalized spacial score (nSPS) is 17.8. The smallest absolute Gasteiger partial charge is 0.283 e. The molecule has 1 fully saturated rings. The molecule has 134 valence electrons. The predicted molar refractivity (Wildman–Crippen MR) is 95.3 cm³/mol. The summed E-state index contributed by atoms with van der Waals surface area (Å²) >= 11 is 0. The number of likely N-dealkylation sites (N-methyl/N-ethyl adjacent to an activating group) is 1. The van der Waals surface area contributed by atoms with E-state index in [1.807, 2.05) is 47.2 Å². The van der Waals surface area contributed by atoms with Crippen LogP contribution in [0, 0.1) is 0 Å². The van der Waals surface area contributed by atoms with Crippen LogP contribution in [0.1, 0.15) is 18.7 Å². The Morgan fingerprint density at radius 1 is 1.19 bits per heavy atom. The van der Waals surface area contributed by atoms with Gasteiger partial charge in [0, 0.05) is 12.2 Å². The van der Waals surface area contributed by atoms with E-state index in [1.54, 1.807) is 18.4 Å². The summed E-state index contributed by atoms with van der Waals surface area (Å²) < 4.78 is 10.9. The largest absolute Gasteiger partial charge is 0.459 e. The molecular formula is C19H20N4O3. The maximum absolute atomic E-state index is 13.0. The quantitative estimate of drug-likeness (QED) is 0.703. The third kappa shape index (κ3) is 3.25. The lowest BCUT2D eigenvalue weighted by molar-refractivity contribution is -0.125. The lowest BCUT2D eigenvalue weighted by Gasteiger charge is -2.36. The van der Waals surface area contributed by atoms with E-state index in [2.05, 4.69) is 10.2 Å². The minimum absolute atomic E-state index is 0.107. The highest BCUT2D eigenvalue weighted by Gasteiger charge is 2.33. The summed E-state index contributed by atoms with van der Waals surface area (Å²) in [5.41, 5.74) is 0.938. The minimum atomic E-state index is -0.206. The van der Waals surface area contributed by atoms with Crippen molar-refractivity contribution in [2.24, 2.45) is 0 Å². The Hall–Kier alpha value is -2.93. The molecule has 1 aliphatic rings. The molecule has 4 rings (SSSR count). The fourth-order valence-electron chi connectivity index (χ4n) is 3.27. The fraction of sp³-hybridized carbons (Fsp3) is 0.316. The first-order valence-corrected chi connectivity index (χ1v) is 8.65. The van der Waals surface area contributed by atoms with Crippen LogP contribution in [0.3, 0.4) is 0 Å². The highest BCUT2D eigenvalue weighted by Crippen LogP contribution is 2.24. The molecule has 1 atom stereocenters. The van der Waals surface area contributed by atoms with Gasteiger partial charge in [-0.1, -0.05) is 18.2 Å². The second-order valence-corrected chi connectivity index (χ2v) is 6.38. The van der Waals surface area contributed by atoms with Gasteiger partial charge in [0.05, 0.1) is 18.8 Å². The highest BCUT2D eigenvalue weighted by atomic mass is 16.4. The van der Waals surface area contributed by atoms with Crippen molar-refractivity contribution in [3.05, 3.63) is 54.6 Å². The second kappa shape index (κ2) is 7.13. The van der Waals surface area contributed by atoms with Crippen molar-refractivity contribution < 1.29 is 13.6 Å². The summed E-state index contributed by atoms with van der Waals surface area (Å²) in [5, 5.41) is 8.07. The number of hydrogen-bond donors (Lipinski definition) is 0. The first-order valence-electron chi connectivity index (χ1n) is 8.65. The van der Waals surface area contributed by atoms with Gasteiger partial charge in [-0.2, -0.15) is 0 Å². The van der Waals surface area contributed by atoms with Crippen LogP contribution in [0.15, 0.2) is 57.6 Å². The molecule has 1 unspecified atom stereocenters. The molecule has 3 aromatic rings. The van der Waals surface area contributed by atoms with Crippen molar-refractivity contribution >= 4 is 11.6 Å². The zero-order valence-electron chi connectivity index (χ0n) is 14.5. The van der Waals surface area contributed by atoms with Gasteiger partial charge in [0.25, 0.3) is 5.89 Å². The van der Waals surface area contributed by atoms with Crippen LogP contribution in [-0.4, -0.2) is 40.6 Å². The third-order valence-electron chi connectivity index (χ3n) is 4.59. The van der Waals surface area contributed by atoms with Crippen LogP contribution in [0.5, 0.6) is 0 Å². The van der Waals surface area contributed by atoms with E-state index >= 15 is 0 Å². The zero-order chi connectivity index (χ0) is 17.9. The van der Waals surface area contributed by atoms with Crippen LogP contribution >= 0.6 is 0 Å². The van der Waals surface area contributed by atoms with E-state index in [-0.39, 0.29) is 11.9 Å². The first kappa shape index (κ1) is 16.5. The number of carbonyl (C=O) groups is 1. The second-order valence-electron chi connectivity index (χ2n) is 6.38. The topological polar surface area (TPSA) is 75.6 Å². The summed E-state index contributed by atoms with van der Waals surface area (Å²) in [7, 11) is 1.91. The molecule has 3 heterocycles. The Balaban J connectivity index is 1.46. The lowest BCUT2D eigenvalue weighted by Crippen LogP contribution is -2.51. The molecule has 0 spiro atoms. The van der Waals surface area contributed by atoms with Gasteiger partial charge >= 0.3 is 0 Å². The molecule has 7 nitrogen and oxygen atoms in total. The van der Waals surface area contributed by atoms with Crippen molar-refractivity contribution in [3.63, 3.8) is 0 Å². The minimum Gasteiger partial charge on any atom is -0.459 e. The van der Waals surface area contributed by atoms with E-state index in [0.29, 0.717) is 24.1 Å². The van der Waals surface area contributed by atoms with E-state index in [0.717, 1.165) is 25.1 Å². The van der Waals surface area contributed by atoms with Crippen LogP contribution in [-0.2, 0) is 11.3 Å². The molecule has 2 aromatic heterocycles. The molecule has 1 aromatic carbocycles. The number of nitrogens with zero attached hydrogens (tertiary/aromatic N) is 4. The van der Waals surface area contributed by atoms with Gasteiger partial charge in [0.1, 0.15) is 0 Å². The molecule has 0 bridgehead atoms. The van der Waals surface area contributed by atoms with Gasteiger partial charge in [-0.25, -0.2) is 0 Å². The highest BCUT2D eigenvalue weighted by molar-refractivity contribution is 5.97. The van der Waals surface area contributed by atoms with Crippen molar-refractivity contribution in [1.82, 2.24) is 15.1 Å². The van der Waals surface area contributed by atoms with Crippen molar-refractivity contribution in [2.75, 3.05) is 18.5 Å². The molecule has 7 heteroatoms. The van der Waals surface area contributed by atoms with Gasteiger partial charge in [-0.3, -0.25) is 9.69 Å². The Morgan fingerprint density at radius 3 is 2.81 bits per heavy atom. The van der Waals surface area contributed by atoms with Crippen molar-refractivity contribution in [3.8, 4) is 11.7 Å². The predicted octanol–water partition coefficient (Wildman–Crippen LogP) is 2.96. The number of para-hydroxylation sites is 1. The van der Waals surface area contributed by atoms with E-state index in [9.17, 15) is 4.79 Å². The third-order valence-corrected chi connectivity index (χ3v) is 4.59. The maximum atomic E-state index is 13.0. The maximum Gasteiger partial charge on any atom is 0.283 e. The average molecular weight is 352 g/mol. The summed E-state index contributed by atoms with van der Waals surface area (Å²) in [4.78, 5) is 16.8. The van der Waals surface area contributed by atoms with Crippen molar-refractivity contribution in [1.29, 1.82) is 0 Å². The van der Waals surface area contributed by atoms with Gasteiger partial charge in [-0.05, 0) is 44.2 Å². The monoisotopic (exact) mass is 352 g/mol. The molecular weight excluding hydrogens is 332 g/mol. The van der Waals surface area contributed by atoms with Crippen LogP contribution < -0.4 is 4.90 Å². The summed E-state index contributed by atoms with van der Waals surface area (Å²) in [6, 6.07) is 13.1. The Labute approximate surface area is 151 Å². The number of carbonyl (C=O) groups excluding carboxylic acids is 1. The molecule has 1 amide bonds. The van der Waals surface area contributed by atoms with Crippen LogP contribution in [0.25, 0.3) is 11.7 Å². The van der Waals surface area contributed by atoms with Gasteiger partial charge in [0.15, 0.2) is 5.76 Å². The molecule has 0 aliphatic carbocycles. The molecule has 26 heavy (non-hydrogen) atoms. The lowest BCUT2D eigenvalue weighted by atomic mass is 10.0. The number of aromatic nitrogens is 2.